The predicted octanol–water partition coefficient (Wildman–Crippen LogP) is 2.06. The molecule has 4 nitrogen and oxygen atoms in total. The Hall–Kier alpha value is -2.05. The minimum atomic E-state index is -4.50. The van der Waals surface area contributed by atoms with Gasteiger partial charge in [0.1, 0.15) is 0 Å². The number of alkyl halides is 3. The van der Waals surface area contributed by atoms with Crippen molar-refractivity contribution in [1.29, 1.82) is 0 Å². The van der Waals surface area contributed by atoms with E-state index < -0.39 is 17.7 Å². The molecule has 0 amide bonds. The summed E-state index contributed by atoms with van der Waals surface area (Å²) < 4.78 is 41.2. The fraction of sp³-hybridized carbons (Fsp3) is 0.200. The lowest BCUT2D eigenvalue weighted by molar-refractivity contribution is -0.137. The lowest BCUT2D eigenvalue weighted by Gasteiger charge is -2.11. The van der Waals surface area contributed by atoms with Crippen molar-refractivity contribution < 1.29 is 27.5 Å². The smallest absolute Gasteiger partial charge is 0.392 e. The highest BCUT2D eigenvalue weighted by molar-refractivity contribution is 5.98. The summed E-state index contributed by atoms with van der Waals surface area (Å²) in [5.41, 5.74) is -1.11. The normalized spacial score (nSPS) is 10.8. The summed E-state index contributed by atoms with van der Waals surface area (Å²) in [6.07, 6.45) is -4.50. The summed E-state index contributed by atoms with van der Waals surface area (Å²) in [6, 6.07) is 2.45. The number of hydrogen-bond donors (Lipinski definition) is 1. The van der Waals surface area contributed by atoms with Gasteiger partial charge in [0.05, 0.1) is 11.1 Å². The number of benzene rings is 1. The van der Waals surface area contributed by atoms with Crippen molar-refractivity contribution in [2.45, 2.75) is 6.18 Å². The maximum Gasteiger partial charge on any atom is 0.416 e. The highest BCUT2D eigenvalue weighted by atomic mass is 19.4. The number of ether oxygens (including phenoxy) is 1. The van der Waals surface area contributed by atoms with Gasteiger partial charge in [-0.05, 0) is 18.2 Å². The van der Waals surface area contributed by atoms with Crippen molar-refractivity contribution in [2.24, 2.45) is 0 Å². The van der Waals surface area contributed by atoms with Crippen LogP contribution in [0.15, 0.2) is 18.2 Å². The van der Waals surface area contributed by atoms with Crippen molar-refractivity contribution in [3.8, 4) is 0 Å². The molecule has 1 aromatic carbocycles. The van der Waals surface area contributed by atoms with Gasteiger partial charge in [-0.3, -0.25) is 4.79 Å². The second kappa shape index (κ2) is 4.86. The van der Waals surface area contributed by atoms with Crippen LogP contribution in [0.1, 0.15) is 15.9 Å². The SMILES string of the molecule is CNc1cc(C(F)(F)F)ccc1C(=O)OC=O. The fourth-order valence-electron chi connectivity index (χ4n) is 1.21. The fourth-order valence-corrected chi connectivity index (χ4v) is 1.21. The zero-order valence-electron chi connectivity index (χ0n) is 8.67. The molecule has 0 saturated heterocycles. The Bertz CT molecular complexity index is 443. The minimum absolute atomic E-state index is 0.0633. The first kappa shape index (κ1) is 13.0. The van der Waals surface area contributed by atoms with E-state index in [9.17, 15) is 22.8 Å². The molecule has 0 aliphatic carbocycles. The molecule has 1 aromatic rings. The molecule has 0 aliphatic heterocycles. The molecule has 0 atom stereocenters. The van der Waals surface area contributed by atoms with Gasteiger partial charge in [0.25, 0.3) is 0 Å². The van der Waals surface area contributed by atoms with Gasteiger partial charge in [0.15, 0.2) is 0 Å². The first-order valence-corrected chi connectivity index (χ1v) is 4.43. The minimum Gasteiger partial charge on any atom is -0.392 e. The van der Waals surface area contributed by atoms with E-state index in [-0.39, 0.29) is 17.7 Å². The van der Waals surface area contributed by atoms with E-state index in [0.29, 0.717) is 0 Å². The van der Waals surface area contributed by atoms with E-state index in [0.717, 1.165) is 18.2 Å². The number of nitrogens with one attached hydrogen (secondary N) is 1. The van der Waals surface area contributed by atoms with Gasteiger partial charge in [-0.1, -0.05) is 0 Å². The molecule has 7 heteroatoms. The Kier molecular flexibility index (Phi) is 3.72. The van der Waals surface area contributed by atoms with E-state index in [4.69, 9.17) is 0 Å². The number of anilines is 1. The lowest BCUT2D eigenvalue weighted by Crippen LogP contribution is -2.10. The topological polar surface area (TPSA) is 55.4 Å². The third-order valence-electron chi connectivity index (χ3n) is 1.99. The van der Waals surface area contributed by atoms with Crippen LogP contribution in [0, 0.1) is 0 Å². The third kappa shape index (κ3) is 2.96. The van der Waals surface area contributed by atoms with Crippen molar-refractivity contribution in [3.05, 3.63) is 29.3 Å². The zero-order valence-corrected chi connectivity index (χ0v) is 8.67. The van der Waals surface area contributed by atoms with Gasteiger partial charge in [-0.25, -0.2) is 4.79 Å². The second-order valence-corrected chi connectivity index (χ2v) is 3.01. The summed E-state index contributed by atoms with van der Waals surface area (Å²) in [4.78, 5) is 21.2. The zero-order chi connectivity index (χ0) is 13.1. The van der Waals surface area contributed by atoms with Crippen LogP contribution in [0.3, 0.4) is 0 Å². The number of halogens is 3. The van der Waals surface area contributed by atoms with Crippen LogP contribution in [-0.2, 0) is 15.7 Å². The van der Waals surface area contributed by atoms with Crippen LogP contribution in [0.4, 0.5) is 18.9 Å². The largest absolute Gasteiger partial charge is 0.416 e. The summed E-state index contributed by atoms with van der Waals surface area (Å²) in [5, 5.41) is 2.43. The molecule has 0 unspecified atom stereocenters. The molecule has 0 bridgehead atoms. The van der Waals surface area contributed by atoms with E-state index in [1.54, 1.807) is 0 Å². The first-order chi connectivity index (χ1) is 7.90. The van der Waals surface area contributed by atoms with Gasteiger partial charge in [-0.15, -0.1) is 0 Å². The van der Waals surface area contributed by atoms with E-state index >= 15 is 0 Å². The quantitative estimate of drug-likeness (QED) is 0.504. The van der Waals surface area contributed by atoms with Crippen molar-refractivity contribution in [2.75, 3.05) is 12.4 Å². The van der Waals surface area contributed by atoms with Crippen LogP contribution in [-0.4, -0.2) is 19.5 Å². The Labute approximate surface area is 94.4 Å². The predicted molar refractivity (Wildman–Crippen MR) is 52.5 cm³/mol. The number of esters is 1. The highest BCUT2D eigenvalue weighted by Gasteiger charge is 2.31. The Morgan fingerprint density at radius 2 is 2.06 bits per heavy atom. The Balaban J connectivity index is 3.18. The van der Waals surface area contributed by atoms with Gasteiger partial charge >= 0.3 is 18.6 Å². The van der Waals surface area contributed by atoms with Crippen LogP contribution < -0.4 is 5.32 Å². The molecule has 0 heterocycles. The molecule has 1 rings (SSSR count). The molecular formula is C10H8F3NO3. The molecule has 0 aliphatic rings. The molecule has 0 radical (unpaired) electrons. The van der Waals surface area contributed by atoms with Crippen molar-refractivity contribution in [1.82, 2.24) is 0 Å². The van der Waals surface area contributed by atoms with Crippen LogP contribution >= 0.6 is 0 Å². The number of hydrogen-bond acceptors (Lipinski definition) is 4. The van der Waals surface area contributed by atoms with Gasteiger partial charge in [-0.2, -0.15) is 13.2 Å². The molecule has 0 spiro atoms. The summed E-state index contributed by atoms with van der Waals surface area (Å²) in [6.45, 7) is -0.0839. The summed E-state index contributed by atoms with van der Waals surface area (Å²) in [7, 11) is 1.35. The Morgan fingerprint density at radius 3 is 2.53 bits per heavy atom. The van der Waals surface area contributed by atoms with E-state index in [1.165, 1.54) is 7.05 Å². The molecule has 0 aromatic heterocycles. The first-order valence-electron chi connectivity index (χ1n) is 4.43. The average molecular weight is 247 g/mol. The Morgan fingerprint density at radius 1 is 1.41 bits per heavy atom. The molecular weight excluding hydrogens is 239 g/mol. The van der Waals surface area contributed by atoms with Crippen molar-refractivity contribution >= 4 is 18.1 Å². The van der Waals surface area contributed by atoms with E-state index in [2.05, 4.69) is 10.1 Å². The number of carbonyl (C=O) groups is 2. The van der Waals surface area contributed by atoms with Crippen LogP contribution in [0.5, 0.6) is 0 Å². The second-order valence-electron chi connectivity index (χ2n) is 3.01. The lowest BCUT2D eigenvalue weighted by atomic mass is 10.1. The number of rotatable bonds is 3. The maximum atomic E-state index is 12.4. The number of carbonyl (C=O) groups excluding carboxylic acids is 2. The van der Waals surface area contributed by atoms with Gasteiger partial charge in [0, 0.05) is 12.7 Å². The van der Waals surface area contributed by atoms with Crippen molar-refractivity contribution in [3.63, 3.8) is 0 Å². The monoisotopic (exact) mass is 247 g/mol. The highest BCUT2D eigenvalue weighted by Crippen LogP contribution is 2.32. The average Bonchev–Trinajstić information content (AvgIpc) is 2.27. The summed E-state index contributed by atoms with van der Waals surface area (Å²) in [5.74, 6) is -1.02. The molecule has 92 valence electrons. The molecule has 17 heavy (non-hydrogen) atoms. The van der Waals surface area contributed by atoms with Gasteiger partial charge in [0.2, 0.25) is 0 Å². The standard InChI is InChI=1S/C10H8F3NO3/c1-14-8-4-6(10(11,12)13)2-3-7(8)9(16)17-5-15/h2-5,14H,1H3. The molecule has 0 saturated carbocycles. The third-order valence-corrected chi connectivity index (χ3v) is 1.99. The van der Waals surface area contributed by atoms with Crippen LogP contribution in [0.2, 0.25) is 0 Å². The maximum absolute atomic E-state index is 12.4. The molecule has 1 N–H and O–H groups in total. The van der Waals surface area contributed by atoms with E-state index in [1.807, 2.05) is 0 Å². The molecule has 0 fully saturated rings. The summed E-state index contributed by atoms with van der Waals surface area (Å²) >= 11 is 0. The van der Waals surface area contributed by atoms with Crippen LogP contribution in [0.25, 0.3) is 0 Å². The van der Waals surface area contributed by atoms with Gasteiger partial charge < -0.3 is 10.1 Å².